The molecule has 0 aliphatic carbocycles. The van der Waals surface area contributed by atoms with Crippen molar-refractivity contribution in [2.45, 2.75) is 32.7 Å². The largest absolute Gasteiger partial charge is 0.478 e. The lowest BCUT2D eigenvalue weighted by Crippen LogP contribution is -2.31. The van der Waals surface area contributed by atoms with E-state index in [-0.39, 0.29) is 16.8 Å². The fourth-order valence-electron chi connectivity index (χ4n) is 3.55. The number of carboxylic acid groups (broad SMARTS) is 2. The first kappa shape index (κ1) is 17.7. The molecule has 1 atom stereocenters. The Morgan fingerprint density at radius 2 is 1.88 bits per heavy atom. The maximum absolute atomic E-state index is 13.1. The summed E-state index contributed by atoms with van der Waals surface area (Å²) in [6.07, 6.45) is 0.902. The van der Waals surface area contributed by atoms with Gasteiger partial charge in [-0.15, -0.1) is 0 Å². The third-order valence-electron chi connectivity index (χ3n) is 4.72. The summed E-state index contributed by atoms with van der Waals surface area (Å²) in [5.41, 5.74) is 0.568. The van der Waals surface area contributed by atoms with Crippen molar-refractivity contribution in [2.75, 3.05) is 7.05 Å². The smallest absolute Gasteiger partial charge is 0.356 e. The number of benzene rings is 1. The summed E-state index contributed by atoms with van der Waals surface area (Å²) < 4.78 is 1.64. The molecule has 1 aromatic heterocycles. The number of hydrogen-bond donors (Lipinski definition) is 2. The van der Waals surface area contributed by atoms with Gasteiger partial charge in [0.15, 0.2) is 5.69 Å². The number of carbonyl (C=O) groups is 3. The summed E-state index contributed by atoms with van der Waals surface area (Å²) in [6.45, 7) is 3.68. The van der Waals surface area contributed by atoms with Crippen LogP contribution in [-0.2, 0) is 6.42 Å². The van der Waals surface area contributed by atoms with Crippen molar-refractivity contribution >= 4 is 17.8 Å². The van der Waals surface area contributed by atoms with Crippen LogP contribution in [0.15, 0.2) is 18.2 Å². The zero-order valence-electron chi connectivity index (χ0n) is 14.7. The van der Waals surface area contributed by atoms with Crippen LogP contribution >= 0.6 is 0 Å². The molecule has 2 heterocycles. The van der Waals surface area contributed by atoms with Crippen LogP contribution in [0.2, 0.25) is 0 Å². The van der Waals surface area contributed by atoms with Crippen molar-refractivity contribution in [1.29, 1.82) is 0 Å². The van der Waals surface area contributed by atoms with E-state index in [1.807, 2.05) is 13.8 Å². The molecular weight excluding hydrogens is 338 g/mol. The Balaban J connectivity index is 2.50. The van der Waals surface area contributed by atoms with Gasteiger partial charge in [0.25, 0.3) is 5.91 Å². The van der Waals surface area contributed by atoms with Gasteiger partial charge in [-0.1, -0.05) is 19.9 Å². The molecule has 0 radical (unpaired) electrons. The summed E-state index contributed by atoms with van der Waals surface area (Å²) in [4.78, 5) is 42.2. The summed E-state index contributed by atoms with van der Waals surface area (Å²) in [5, 5.41) is 19.2. The monoisotopic (exact) mass is 357 g/mol. The van der Waals surface area contributed by atoms with Crippen molar-refractivity contribution in [3.63, 3.8) is 0 Å². The summed E-state index contributed by atoms with van der Waals surface area (Å²) in [6, 6.07) is 4.02. The number of imidazole rings is 1. The van der Waals surface area contributed by atoms with E-state index in [1.54, 1.807) is 23.7 Å². The number of aromatic nitrogens is 2. The minimum absolute atomic E-state index is 0.0451. The second-order valence-corrected chi connectivity index (χ2v) is 6.10. The van der Waals surface area contributed by atoms with Crippen molar-refractivity contribution in [3.8, 4) is 5.69 Å². The maximum Gasteiger partial charge on any atom is 0.356 e. The van der Waals surface area contributed by atoms with Gasteiger partial charge >= 0.3 is 11.9 Å². The molecule has 1 aliphatic heterocycles. The summed E-state index contributed by atoms with van der Waals surface area (Å²) >= 11 is 0. The highest BCUT2D eigenvalue weighted by atomic mass is 16.4. The van der Waals surface area contributed by atoms with E-state index in [2.05, 4.69) is 4.98 Å². The van der Waals surface area contributed by atoms with Gasteiger partial charge in [0, 0.05) is 13.5 Å². The molecule has 8 heteroatoms. The standard InChI is InChI=1S/C18H19N3O5/c1-4-10-15-14(18(25)26)19-12(5-2)21(15)11-8-6-7-9(17(23)24)13(11)16(22)20(10)3/h6-8,10H,4-5H2,1-3H3,(H,23,24)(H,25,26). The number of nitrogens with zero attached hydrogens (tertiary/aromatic N) is 3. The first-order valence-corrected chi connectivity index (χ1v) is 8.32. The molecule has 1 unspecified atom stereocenters. The van der Waals surface area contributed by atoms with Crippen molar-refractivity contribution in [2.24, 2.45) is 0 Å². The zero-order valence-corrected chi connectivity index (χ0v) is 14.7. The molecule has 1 aromatic carbocycles. The molecule has 0 saturated carbocycles. The fourth-order valence-corrected chi connectivity index (χ4v) is 3.55. The second kappa shape index (κ2) is 6.29. The van der Waals surface area contributed by atoms with E-state index >= 15 is 0 Å². The highest BCUT2D eigenvalue weighted by Gasteiger charge is 2.38. The van der Waals surface area contributed by atoms with E-state index in [1.165, 1.54) is 11.0 Å². The Bertz CT molecular complexity index is 931. The van der Waals surface area contributed by atoms with E-state index in [9.17, 15) is 24.6 Å². The maximum atomic E-state index is 13.1. The van der Waals surface area contributed by atoms with Gasteiger partial charge in [0.2, 0.25) is 0 Å². The van der Waals surface area contributed by atoms with Gasteiger partial charge in [-0.2, -0.15) is 0 Å². The Morgan fingerprint density at radius 1 is 1.19 bits per heavy atom. The van der Waals surface area contributed by atoms with E-state index in [4.69, 9.17) is 0 Å². The number of rotatable bonds is 4. The summed E-state index contributed by atoms with van der Waals surface area (Å²) in [7, 11) is 1.55. The van der Waals surface area contributed by atoms with Gasteiger partial charge < -0.3 is 15.1 Å². The van der Waals surface area contributed by atoms with Crippen LogP contribution in [0.5, 0.6) is 0 Å². The number of amides is 1. The SMILES string of the molecule is CCc1nc(C(=O)O)c2n1-c1cccc(C(=O)O)c1C(=O)N(C)C2CC. The molecular formula is C18H19N3O5. The van der Waals surface area contributed by atoms with Gasteiger partial charge in [-0.05, 0) is 18.6 Å². The Labute approximate surface area is 149 Å². The van der Waals surface area contributed by atoms with E-state index < -0.39 is 23.9 Å². The number of fused-ring (bicyclic) bond motifs is 3. The molecule has 1 aliphatic rings. The average molecular weight is 357 g/mol. The molecule has 136 valence electrons. The quantitative estimate of drug-likeness (QED) is 0.868. The molecule has 26 heavy (non-hydrogen) atoms. The number of carbonyl (C=O) groups excluding carboxylic acids is 1. The van der Waals surface area contributed by atoms with Crippen LogP contribution < -0.4 is 0 Å². The van der Waals surface area contributed by atoms with Crippen LogP contribution in [0, 0.1) is 0 Å². The lowest BCUT2D eigenvalue weighted by Gasteiger charge is -2.25. The highest BCUT2D eigenvalue weighted by molar-refractivity contribution is 6.08. The van der Waals surface area contributed by atoms with Crippen LogP contribution in [-0.4, -0.2) is 49.6 Å². The van der Waals surface area contributed by atoms with Crippen LogP contribution in [0.1, 0.15) is 69.0 Å². The number of aryl methyl sites for hydroxylation is 1. The molecule has 0 fully saturated rings. The van der Waals surface area contributed by atoms with E-state index in [0.717, 1.165) is 0 Å². The Hall–Kier alpha value is -3.16. The number of carboxylic acids is 2. The predicted octanol–water partition coefficient (Wildman–Crippen LogP) is 2.37. The molecule has 8 nitrogen and oxygen atoms in total. The predicted molar refractivity (Wildman–Crippen MR) is 92.0 cm³/mol. The third kappa shape index (κ3) is 2.37. The van der Waals surface area contributed by atoms with Gasteiger partial charge in [-0.25, -0.2) is 14.6 Å². The highest BCUT2D eigenvalue weighted by Crippen LogP contribution is 2.37. The van der Waals surface area contributed by atoms with Crippen LogP contribution in [0.3, 0.4) is 0 Å². The molecule has 3 rings (SSSR count). The lowest BCUT2D eigenvalue weighted by atomic mass is 10.0. The second-order valence-electron chi connectivity index (χ2n) is 6.10. The van der Waals surface area contributed by atoms with Crippen molar-refractivity contribution in [3.05, 3.63) is 46.5 Å². The minimum atomic E-state index is -1.21. The molecule has 0 spiro atoms. The molecule has 2 aromatic rings. The van der Waals surface area contributed by atoms with Crippen molar-refractivity contribution in [1.82, 2.24) is 14.5 Å². The van der Waals surface area contributed by atoms with Gasteiger partial charge in [0.1, 0.15) is 5.82 Å². The van der Waals surface area contributed by atoms with Gasteiger partial charge in [-0.3, -0.25) is 9.36 Å². The Morgan fingerprint density at radius 3 is 2.42 bits per heavy atom. The Kier molecular flexibility index (Phi) is 4.27. The normalized spacial score (nSPS) is 16.0. The molecule has 0 saturated heterocycles. The number of hydrogen-bond acceptors (Lipinski definition) is 4. The lowest BCUT2D eigenvalue weighted by molar-refractivity contribution is 0.0661. The van der Waals surface area contributed by atoms with Crippen LogP contribution in [0.25, 0.3) is 5.69 Å². The number of aromatic carboxylic acids is 2. The van der Waals surface area contributed by atoms with Crippen LogP contribution in [0.4, 0.5) is 0 Å². The first-order chi connectivity index (χ1) is 12.3. The minimum Gasteiger partial charge on any atom is -0.478 e. The summed E-state index contributed by atoms with van der Waals surface area (Å²) in [5.74, 6) is -2.36. The average Bonchev–Trinajstić information content (AvgIpc) is 2.96. The zero-order chi connectivity index (χ0) is 19.2. The topological polar surface area (TPSA) is 113 Å². The molecule has 2 N–H and O–H groups in total. The molecule has 1 amide bonds. The van der Waals surface area contributed by atoms with Gasteiger partial charge in [0.05, 0.1) is 28.6 Å². The third-order valence-corrected chi connectivity index (χ3v) is 4.72. The molecule has 0 bridgehead atoms. The first-order valence-electron chi connectivity index (χ1n) is 8.32. The van der Waals surface area contributed by atoms with E-state index in [0.29, 0.717) is 30.0 Å². The van der Waals surface area contributed by atoms with Crippen molar-refractivity contribution < 1.29 is 24.6 Å². The fraction of sp³-hybridized carbons (Fsp3) is 0.333.